The lowest BCUT2D eigenvalue weighted by Crippen LogP contribution is -2.43. The van der Waals surface area contributed by atoms with Crippen LogP contribution in [0.5, 0.6) is 5.75 Å². The van der Waals surface area contributed by atoms with Crippen molar-refractivity contribution in [2.24, 2.45) is 0 Å². The van der Waals surface area contributed by atoms with E-state index in [-0.39, 0.29) is 11.1 Å². The van der Waals surface area contributed by atoms with Gasteiger partial charge < -0.3 is 9.16 Å². The van der Waals surface area contributed by atoms with Crippen LogP contribution < -0.4 is 4.74 Å². The highest BCUT2D eigenvalue weighted by atomic mass is 127. The van der Waals surface area contributed by atoms with E-state index in [0.29, 0.717) is 0 Å². The van der Waals surface area contributed by atoms with Gasteiger partial charge in [0.1, 0.15) is 11.9 Å². The van der Waals surface area contributed by atoms with Crippen LogP contribution in [0, 0.1) is 3.57 Å². The van der Waals surface area contributed by atoms with E-state index < -0.39 is 8.32 Å². The van der Waals surface area contributed by atoms with Crippen LogP contribution in [0.2, 0.25) is 18.1 Å². The minimum absolute atomic E-state index is 0.205. The zero-order chi connectivity index (χ0) is 15.0. The molecular formula is C16H25IO2Si. The first-order valence-electron chi connectivity index (χ1n) is 7.28. The number of ether oxygens (including phenoxy) is 1. The second-order valence-electron chi connectivity index (χ2n) is 7.10. The van der Waals surface area contributed by atoms with Gasteiger partial charge in [0.15, 0.2) is 8.32 Å². The van der Waals surface area contributed by atoms with Crippen molar-refractivity contribution in [3.63, 3.8) is 0 Å². The summed E-state index contributed by atoms with van der Waals surface area (Å²) in [5.41, 5.74) is 1.33. The third-order valence-electron chi connectivity index (χ3n) is 4.49. The molecule has 0 N–H and O–H groups in total. The molecule has 0 aliphatic carbocycles. The maximum Gasteiger partial charge on any atom is 0.192 e. The summed E-state index contributed by atoms with van der Waals surface area (Å²) in [6.07, 6.45) is 2.36. The van der Waals surface area contributed by atoms with E-state index in [1.54, 1.807) is 0 Å². The van der Waals surface area contributed by atoms with Crippen molar-refractivity contribution in [3.8, 4) is 5.75 Å². The number of benzene rings is 1. The van der Waals surface area contributed by atoms with Crippen molar-refractivity contribution in [1.29, 1.82) is 0 Å². The molecule has 2 rings (SSSR count). The van der Waals surface area contributed by atoms with Gasteiger partial charge in [-0.1, -0.05) is 20.8 Å². The third kappa shape index (κ3) is 3.77. The average Bonchev–Trinajstić information content (AvgIpc) is 2.35. The lowest BCUT2D eigenvalue weighted by molar-refractivity contribution is 0.102. The van der Waals surface area contributed by atoms with Gasteiger partial charge in [0.2, 0.25) is 0 Å². The van der Waals surface area contributed by atoms with E-state index in [2.05, 4.69) is 74.7 Å². The molecule has 1 aromatic carbocycles. The average molecular weight is 404 g/mol. The molecule has 1 aliphatic rings. The highest BCUT2D eigenvalue weighted by molar-refractivity contribution is 14.1. The van der Waals surface area contributed by atoms with Gasteiger partial charge >= 0.3 is 0 Å². The molecule has 1 aliphatic heterocycles. The molecule has 112 valence electrons. The summed E-state index contributed by atoms with van der Waals surface area (Å²) in [6, 6.07) is 6.42. The first-order valence-corrected chi connectivity index (χ1v) is 11.3. The van der Waals surface area contributed by atoms with Crippen molar-refractivity contribution < 1.29 is 9.16 Å². The fourth-order valence-electron chi connectivity index (χ4n) is 2.05. The van der Waals surface area contributed by atoms with Crippen LogP contribution in [-0.2, 0) is 10.8 Å². The lowest BCUT2D eigenvalue weighted by atomic mass is 10.0. The van der Waals surface area contributed by atoms with E-state index in [1.165, 1.54) is 9.13 Å². The van der Waals surface area contributed by atoms with Crippen molar-refractivity contribution in [2.45, 2.75) is 57.8 Å². The Kier molecular flexibility index (Phi) is 4.86. The van der Waals surface area contributed by atoms with Gasteiger partial charge in [-0.2, -0.15) is 0 Å². The number of aryl methyl sites for hydroxylation is 1. The van der Waals surface area contributed by atoms with E-state index in [9.17, 15) is 0 Å². The van der Waals surface area contributed by atoms with Gasteiger partial charge in [0.25, 0.3) is 0 Å². The van der Waals surface area contributed by atoms with Crippen LogP contribution in [0.4, 0.5) is 0 Å². The number of hydrogen-bond donors (Lipinski definition) is 0. The Morgan fingerprint density at radius 3 is 2.70 bits per heavy atom. The van der Waals surface area contributed by atoms with Gasteiger partial charge in [0.05, 0.1) is 6.61 Å². The Balaban J connectivity index is 1.96. The first-order chi connectivity index (χ1) is 9.19. The number of rotatable bonds is 3. The molecule has 1 atom stereocenters. The molecular weight excluding hydrogens is 379 g/mol. The van der Waals surface area contributed by atoms with Gasteiger partial charge in [-0.25, -0.2) is 0 Å². The summed E-state index contributed by atoms with van der Waals surface area (Å²) in [5, 5.41) is 0.260. The predicted molar refractivity (Wildman–Crippen MR) is 95.0 cm³/mol. The molecule has 1 aromatic rings. The molecule has 1 heterocycles. The summed E-state index contributed by atoms with van der Waals surface area (Å²) in [4.78, 5) is 0. The maximum atomic E-state index is 6.28. The number of hydrogen-bond acceptors (Lipinski definition) is 2. The highest BCUT2D eigenvalue weighted by Crippen LogP contribution is 2.37. The van der Waals surface area contributed by atoms with Gasteiger partial charge in [0, 0.05) is 3.57 Å². The van der Waals surface area contributed by atoms with Gasteiger partial charge in [-0.05, 0) is 77.3 Å². The van der Waals surface area contributed by atoms with Gasteiger partial charge in [-0.15, -0.1) is 0 Å². The Bertz CT molecular complexity index is 480. The molecule has 0 saturated carbocycles. The second kappa shape index (κ2) is 5.97. The minimum atomic E-state index is -1.67. The van der Waals surface area contributed by atoms with Gasteiger partial charge in [-0.3, -0.25) is 0 Å². The van der Waals surface area contributed by atoms with Crippen molar-refractivity contribution in [1.82, 2.24) is 0 Å². The largest absolute Gasteiger partial charge is 0.488 e. The smallest absolute Gasteiger partial charge is 0.192 e. The van der Waals surface area contributed by atoms with Crippen molar-refractivity contribution in [3.05, 3.63) is 27.3 Å². The van der Waals surface area contributed by atoms with E-state index >= 15 is 0 Å². The van der Waals surface area contributed by atoms with Crippen LogP contribution in [0.3, 0.4) is 0 Å². The van der Waals surface area contributed by atoms with Crippen LogP contribution in [0.1, 0.15) is 32.8 Å². The summed E-state index contributed by atoms with van der Waals surface area (Å²) < 4.78 is 13.7. The van der Waals surface area contributed by atoms with E-state index in [0.717, 1.165) is 25.2 Å². The molecule has 0 bridgehead atoms. The third-order valence-corrected chi connectivity index (χ3v) is 9.66. The van der Waals surface area contributed by atoms with E-state index in [1.807, 2.05) is 0 Å². The summed E-state index contributed by atoms with van der Waals surface area (Å²) in [5.74, 6) is 1.04. The summed E-state index contributed by atoms with van der Waals surface area (Å²) in [6.45, 7) is 12.1. The summed E-state index contributed by atoms with van der Waals surface area (Å²) >= 11 is 2.35. The van der Waals surface area contributed by atoms with Crippen molar-refractivity contribution in [2.75, 3.05) is 6.61 Å². The molecule has 4 heteroatoms. The predicted octanol–water partition coefficient (Wildman–Crippen LogP) is 5.01. The molecule has 0 fully saturated rings. The van der Waals surface area contributed by atoms with Crippen LogP contribution in [0.25, 0.3) is 0 Å². The molecule has 0 saturated heterocycles. The molecule has 0 spiro atoms. The lowest BCUT2D eigenvalue weighted by Gasteiger charge is -2.38. The zero-order valence-corrected chi connectivity index (χ0v) is 16.3. The minimum Gasteiger partial charge on any atom is -0.488 e. The number of fused-ring (bicyclic) bond motifs is 1. The maximum absolute atomic E-state index is 6.28. The number of halogens is 1. The Labute approximate surface area is 137 Å². The second-order valence-corrected chi connectivity index (χ2v) is 13.2. The standard InChI is InChI=1S/C16H25IO2Si/c1-16(2,3)20(4,5)18-11-14-8-6-12-10-13(17)7-9-15(12)19-14/h7,9-10,14H,6,8,11H2,1-5H3/t14-/m1/s1. The van der Waals surface area contributed by atoms with Crippen molar-refractivity contribution >= 4 is 30.9 Å². The van der Waals surface area contributed by atoms with Crippen LogP contribution >= 0.6 is 22.6 Å². The molecule has 20 heavy (non-hydrogen) atoms. The Hall–Kier alpha value is -0.0731. The Morgan fingerprint density at radius 1 is 1.35 bits per heavy atom. The monoisotopic (exact) mass is 404 g/mol. The van der Waals surface area contributed by atoms with Crippen LogP contribution in [0.15, 0.2) is 18.2 Å². The normalized spacial score (nSPS) is 19.4. The van der Waals surface area contributed by atoms with E-state index in [4.69, 9.17) is 9.16 Å². The van der Waals surface area contributed by atoms with Crippen LogP contribution in [-0.4, -0.2) is 21.0 Å². The fraction of sp³-hybridized carbons (Fsp3) is 0.625. The highest BCUT2D eigenvalue weighted by Gasteiger charge is 2.38. The SMILES string of the molecule is CC(C)(C)[Si](C)(C)OC[C@H]1CCc2cc(I)ccc2O1. The zero-order valence-electron chi connectivity index (χ0n) is 13.1. The Morgan fingerprint density at radius 2 is 2.05 bits per heavy atom. The molecule has 0 radical (unpaired) electrons. The molecule has 0 amide bonds. The summed E-state index contributed by atoms with van der Waals surface area (Å²) in [7, 11) is -1.67. The molecule has 0 aromatic heterocycles. The first kappa shape index (κ1) is 16.3. The quantitative estimate of drug-likeness (QED) is 0.521. The topological polar surface area (TPSA) is 18.5 Å². The fourth-order valence-corrected chi connectivity index (χ4v) is 3.64. The molecule has 0 unspecified atom stereocenters. The molecule has 2 nitrogen and oxygen atoms in total.